The van der Waals surface area contributed by atoms with Gasteiger partial charge in [0, 0.05) is 11.4 Å². The van der Waals surface area contributed by atoms with Crippen LogP contribution < -0.4 is 0 Å². The predicted octanol–water partition coefficient (Wildman–Crippen LogP) is 0.870. The molecule has 0 bridgehead atoms. The van der Waals surface area contributed by atoms with Gasteiger partial charge in [0.1, 0.15) is 12.9 Å². The Morgan fingerprint density at radius 3 is 2.94 bits per heavy atom. The monoisotopic (exact) mass is 341 g/mol. The summed E-state index contributed by atoms with van der Waals surface area (Å²) < 4.78 is 7.53. The minimum Gasteiger partial charge on any atom is -0.394 e. The lowest BCUT2D eigenvalue weighted by Gasteiger charge is -2.12. The van der Waals surface area contributed by atoms with E-state index in [9.17, 15) is 10.1 Å². The highest BCUT2D eigenvalue weighted by molar-refractivity contribution is 14.1. The van der Waals surface area contributed by atoms with Gasteiger partial charge in [0.25, 0.3) is 0 Å². The van der Waals surface area contributed by atoms with Crippen LogP contribution in [0.1, 0.15) is 5.82 Å². The van der Waals surface area contributed by atoms with Gasteiger partial charge in [0.2, 0.25) is 5.82 Å². The molecule has 1 heterocycles. The summed E-state index contributed by atoms with van der Waals surface area (Å²) in [6.07, 6.45) is 1.05. The highest BCUT2D eigenvalue weighted by atomic mass is 127. The molecule has 1 N–H and O–H groups in total. The molecule has 0 aliphatic rings. The Morgan fingerprint density at radius 2 is 2.50 bits per heavy atom. The Balaban J connectivity index is 2.63. The Kier molecular flexibility index (Phi) is 5.09. The third-order valence-electron chi connectivity index (χ3n) is 1.98. The molecule has 1 aromatic heterocycles. The second kappa shape index (κ2) is 6.11. The van der Waals surface area contributed by atoms with Crippen LogP contribution in [0.5, 0.6) is 0 Å². The van der Waals surface area contributed by atoms with E-state index in [2.05, 4.69) is 27.6 Å². The molecule has 1 rings (SSSR count). The molecule has 0 saturated carbocycles. The maximum Gasteiger partial charge on any atom is 0.381 e. The fourth-order valence-electron chi connectivity index (χ4n) is 1.04. The third kappa shape index (κ3) is 3.39. The summed E-state index contributed by atoms with van der Waals surface area (Å²) in [6, 6.07) is 0. The first-order valence-corrected chi connectivity index (χ1v) is 6.07. The average Bonchev–Trinajstić information content (AvgIpc) is 2.62. The Morgan fingerprint density at radius 1 is 1.81 bits per heavy atom. The number of aliphatic hydroxyl groups is 1. The van der Waals surface area contributed by atoms with Crippen LogP contribution in [0.25, 0.3) is 0 Å². The zero-order chi connectivity index (χ0) is 12.1. The van der Waals surface area contributed by atoms with Crippen molar-refractivity contribution in [3.8, 4) is 0 Å². The van der Waals surface area contributed by atoms with E-state index in [-0.39, 0.29) is 25.3 Å². The lowest BCUT2D eigenvalue weighted by Crippen LogP contribution is -2.21. The van der Waals surface area contributed by atoms with Crippen LogP contribution in [0.15, 0.2) is 6.20 Å². The SMILES string of the molecule is Cc1nc([N+](=O)[O-])cn1COC(CO)CI. The topological polar surface area (TPSA) is 90.4 Å². The Bertz CT molecular complexity index is 364. The van der Waals surface area contributed by atoms with Crippen LogP contribution in [0, 0.1) is 17.0 Å². The molecule has 0 spiro atoms. The molecule has 0 fully saturated rings. The van der Waals surface area contributed by atoms with Crippen LogP contribution in [-0.4, -0.2) is 36.7 Å². The van der Waals surface area contributed by atoms with Gasteiger partial charge in [0.05, 0.1) is 12.7 Å². The summed E-state index contributed by atoms with van der Waals surface area (Å²) in [5.74, 6) is 0.313. The molecule has 0 amide bonds. The molecule has 1 atom stereocenters. The molecule has 1 aromatic rings. The highest BCUT2D eigenvalue weighted by Gasteiger charge is 2.15. The van der Waals surface area contributed by atoms with E-state index >= 15 is 0 Å². The summed E-state index contributed by atoms with van der Waals surface area (Å²) in [4.78, 5) is 13.7. The van der Waals surface area contributed by atoms with Gasteiger partial charge in [-0.2, -0.15) is 0 Å². The van der Waals surface area contributed by atoms with Crippen molar-refractivity contribution in [2.45, 2.75) is 19.8 Å². The fourth-order valence-corrected chi connectivity index (χ4v) is 1.57. The van der Waals surface area contributed by atoms with Crippen molar-refractivity contribution in [1.29, 1.82) is 0 Å². The molecule has 0 radical (unpaired) electrons. The van der Waals surface area contributed by atoms with Gasteiger partial charge in [-0.25, -0.2) is 0 Å². The normalized spacial score (nSPS) is 12.7. The van der Waals surface area contributed by atoms with E-state index in [0.29, 0.717) is 10.3 Å². The maximum atomic E-state index is 10.5. The van der Waals surface area contributed by atoms with Gasteiger partial charge in [-0.15, -0.1) is 0 Å². The molecule has 16 heavy (non-hydrogen) atoms. The second-order valence-corrected chi connectivity index (χ2v) is 4.01. The largest absolute Gasteiger partial charge is 0.394 e. The Hall–Kier alpha value is -0.740. The van der Waals surface area contributed by atoms with Crippen LogP contribution >= 0.6 is 22.6 Å². The highest BCUT2D eigenvalue weighted by Crippen LogP contribution is 2.11. The smallest absolute Gasteiger partial charge is 0.381 e. The van der Waals surface area contributed by atoms with Crippen molar-refractivity contribution in [3.05, 3.63) is 22.1 Å². The number of hydrogen-bond acceptors (Lipinski definition) is 5. The number of ether oxygens (including phenoxy) is 1. The van der Waals surface area contributed by atoms with Crippen molar-refractivity contribution in [3.63, 3.8) is 0 Å². The van der Waals surface area contributed by atoms with E-state index in [1.54, 1.807) is 6.92 Å². The minimum atomic E-state index is -0.550. The van der Waals surface area contributed by atoms with Gasteiger partial charge < -0.3 is 20.0 Å². The number of rotatable bonds is 6. The fraction of sp³-hybridized carbons (Fsp3) is 0.625. The Labute approximate surface area is 106 Å². The van der Waals surface area contributed by atoms with Gasteiger partial charge >= 0.3 is 5.82 Å². The molecule has 0 aliphatic heterocycles. The van der Waals surface area contributed by atoms with Crippen LogP contribution in [0.2, 0.25) is 0 Å². The van der Waals surface area contributed by atoms with Crippen molar-refractivity contribution < 1.29 is 14.8 Å². The number of aromatic nitrogens is 2. The number of imidazole rings is 1. The molecule has 0 aliphatic carbocycles. The van der Waals surface area contributed by atoms with Crippen molar-refractivity contribution in [2.75, 3.05) is 11.0 Å². The molecule has 1 unspecified atom stereocenters. The van der Waals surface area contributed by atoms with Gasteiger partial charge in [-0.1, -0.05) is 22.6 Å². The zero-order valence-electron chi connectivity index (χ0n) is 8.67. The number of aryl methyl sites for hydroxylation is 1. The van der Waals surface area contributed by atoms with Crippen LogP contribution in [0.4, 0.5) is 5.82 Å². The second-order valence-electron chi connectivity index (χ2n) is 3.13. The van der Waals surface area contributed by atoms with Gasteiger partial charge in [0.15, 0.2) is 0 Å². The summed E-state index contributed by atoms with van der Waals surface area (Å²) in [5, 5.41) is 19.4. The molecule has 0 saturated heterocycles. The molecular weight excluding hydrogens is 329 g/mol. The number of halogens is 1. The molecule has 7 nitrogen and oxygen atoms in total. The molecule has 90 valence electrons. The molecular formula is C8H12IN3O4. The maximum absolute atomic E-state index is 10.5. The van der Waals surface area contributed by atoms with Crippen molar-refractivity contribution in [2.24, 2.45) is 0 Å². The van der Waals surface area contributed by atoms with Gasteiger partial charge in [-0.05, 0) is 9.91 Å². The van der Waals surface area contributed by atoms with E-state index in [0.717, 1.165) is 0 Å². The standard InChI is InChI=1S/C8H12IN3O4/c1-6-10-8(12(14)15)3-11(6)5-16-7(2-9)4-13/h3,7,13H,2,4-5H2,1H3. The van der Waals surface area contributed by atoms with Crippen LogP contribution in [-0.2, 0) is 11.5 Å². The van der Waals surface area contributed by atoms with E-state index in [1.807, 2.05) is 0 Å². The van der Waals surface area contributed by atoms with Crippen LogP contribution in [0.3, 0.4) is 0 Å². The number of aliphatic hydroxyl groups excluding tert-OH is 1. The first-order valence-electron chi connectivity index (χ1n) is 4.55. The van der Waals surface area contributed by atoms with E-state index in [1.165, 1.54) is 10.8 Å². The number of nitro groups is 1. The average molecular weight is 341 g/mol. The lowest BCUT2D eigenvalue weighted by atomic mass is 10.4. The number of hydrogen-bond donors (Lipinski definition) is 1. The number of nitrogens with zero attached hydrogens (tertiary/aromatic N) is 3. The lowest BCUT2D eigenvalue weighted by molar-refractivity contribution is -0.389. The summed E-state index contributed by atoms with van der Waals surface area (Å²) in [5.41, 5.74) is 0. The molecule has 0 aromatic carbocycles. The van der Waals surface area contributed by atoms with Crippen molar-refractivity contribution in [1.82, 2.24) is 9.55 Å². The number of alkyl halides is 1. The first kappa shape index (κ1) is 13.3. The predicted molar refractivity (Wildman–Crippen MR) is 64.5 cm³/mol. The summed E-state index contributed by atoms with van der Waals surface area (Å²) in [6.45, 7) is 1.74. The first-order chi connectivity index (χ1) is 7.58. The summed E-state index contributed by atoms with van der Waals surface area (Å²) in [7, 11) is 0. The van der Waals surface area contributed by atoms with E-state index < -0.39 is 4.92 Å². The summed E-state index contributed by atoms with van der Waals surface area (Å²) >= 11 is 2.10. The van der Waals surface area contributed by atoms with Gasteiger partial charge in [-0.3, -0.25) is 4.57 Å². The van der Waals surface area contributed by atoms with E-state index in [4.69, 9.17) is 9.84 Å². The minimum absolute atomic E-state index is 0.0707. The van der Waals surface area contributed by atoms with Crippen molar-refractivity contribution >= 4 is 28.4 Å². The third-order valence-corrected chi connectivity index (χ3v) is 2.96. The molecule has 8 heteroatoms. The zero-order valence-corrected chi connectivity index (χ0v) is 10.8. The quantitative estimate of drug-likeness (QED) is 0.359.